The average molecular weight is 556 g/mol. The molecule has 2 aliphatic heterocycles. The Bertz CT molecular complexity index is 1630. The quantitative estimate of drug-likeness (QED) is 0.321. The first-order chi connectivity index (χ1) is 19.9. The summed E-state index contributed by atoms with van der Waals surface area (Å²) in [6.45, 7) is 2.57. The maximum Gasteiger partial charge on any atom is 0.319 e. The summed E-state index contributed by atoms with van der Waals surface area (Å²) in [5, 5.41) is 32.2. The van der Waals surface area contributed by atoms with Crippen molar-refractivity contribution in [2.24, 2.45) is 0 Å². The van der Waals surface area contributed by atoms with Gasteiger partial charge in [0.25, 0.3) is 0 Å². The molecular formula is C32H34FN5O3. The van der Waals surface area contributed by atoms with Crippen LogP contribution in [0, 0.1) is 17.1 Å². The van der Waals surface area contributed by atoms with Crippen LogP contribution < -0.4 is 9.64 Å². The summed E-state index contributed by atoms with van der Waals surface area (Å²) in [6, 6.07) is 15.2. The number of phenolic OH excluding ortho intramolecular Hbond substituents is 1. The molecule has 0 saturated carbocycles. The molecule has 0 spiro atoms. The lowest BCUT2D eigenvalue weighted by molar-refractivity contribution is 0.145. The molecule has 4 aromatic rings. The number of rotatable bonds is 7. The van der Waals surface area contributed by atoms with E-state index in [1.54, 1.807) is 12.1 Å². The van der Waals surface area contributed by atoms with Gasteiger partial charge in [0.05, 0.1) is 12.2 Å². The molecule has 0 amide bonds. The summed E-state index contributed by atoms with van der Waals surface area (Å²) in [5.74, 6) is 0.0696. The Kier molecular flexibility index (Phi) is 7.61. The fourth-order valence-corrected chi connectivity index (χ4v) is 6.17. The molecule has 212 valence electrons. The third kappa shape index (κ3) is 5.37. The summed E-state index contributed by atoms with van der Waals surface area (Å²) in [7, 11) is 2.07. The number of likely N-dealkylation sites (N-methyl/N-ethyl adjacent to an activating group) is 1. The van der Waals surface area contributed by atoms with E-state index in [-0.39, 0.29) is 35.8 Å². The van der Waals surface area contributed by atoms with Crippen LogP contribution in [0.25, 0.3) is 32.8 Å². The molecule has 9 heteroatoms. The second kappa shape index (κ2) is 11.5. The molecule has 6 rings (SSSR count). The van der Waals surface area contributed by atoms with Gasteiger partial charge in [-0.2, -0.15) is 15.2 Å². The zero-order valence-corrected chi connectivity index (χ0v) is 23.2. The van der Waals surface area contributed by atoms with Gasteiger partial charge in [-0.15, -0.1) is 0 Å². The zero-order chi connectivity index (χ0) is 28.5. The number of hydrogen-bond acceptors (Lipinski definition) is 8. The minimum Gasteiger partial charge on any atom is -0.508 e. The topological polar surface area (TPSA) is 106 Å². The summed E-state index contributed by atoms with van der Waals surface area (Å²) in [6.07, 6.45) is 3.46. The highest BCUT2D eigenvalue weighted by atomic mass is 19.1. The lowest BCUT2D eigenvalue weighted by atomic mass is 9.90. The number of halogens is 1. The maximum atomic E-state index is 16.9. The van der Waals surface area contributed by atoms with E-state index in [2.05, 4.69) is 27.9 Å². The fraction of sp³-hybridized carbons (Fsp3) is 0.406. The lowest BCUT2D eigenvalue weighted by Crippen LogP contribution is -2.36. The second-order valence-corrected chi connectivity index (χ2v) is 11.1. The summed E-state index contributed by atoms with van der Waals surface area (Å²) < 4.78 is 23.0. The van der Waals surface area contributed by atoms with Crippen LogP contribution in [-0.2, 0) is 6.42 Å². The lowest BCUT2D eigenvalue weighted by Gasteiger charge is -2.31. The van der Waals surface area contributed by atoms with Gasteiger partial charge in [0, 0.05) is 36.5 Å². The first-order valence-corrected chi connectivity index (χ1v) is 14.3. The van der Waals surface area contributed by atoms with Crippen molar-refractivity contribution in [3.63, 3.8) is 0 Å². The van der Waals surface area contributed by atoms with Crippen LogP contribution in [0.1, 0.15) is 37.7 Å². The predicted octanol–water partition coefficient (Wildman–Crippen LogP) is 5.18. The van der Waals surface area contributed by atoms with Gasteiger partial charge < -0.3 is 24.7 Å². The van der Waals surface area contributed by atoms with Gasteiger partial charge in [0.15, 0.2) is 5.82 Å². The van der Waals surface area contributed by atoms with Crippen LogP contribution in [0.2, 0.25) is 0 Å². The number of ether oxygens (including phenoxy) is 1. The van der Waals surface area contributed by atoms with E-state index in [0.29, 0.717) is 66.9 Å². The molecular weight excluding hydrogens is 521 g/mol. The third-order valence-corrected chi connectivity index (χ3v) is 8.43. The third-order valence-electron chi connectivity index (χ3n) is 8.43. The van der Waals surface area contributed by atoms with Crippen molar-refractivity contribution >= 4 is 27.5 Å². The highest BCUT2D eigenvalue weighted by Crippen LogP contribution is 2.41. The number of aromatic hydroxyl groups is 1. The van der Waals surface area contributed by atoms with Crippen molar-refractivity contribution < 1.29 is 19.3 Å². The predicted molar refractivity (Wildman–Crippen MR) is 157 cm³/mol. The van der Waals surface area contributed by atoms with E-state index in [1.807, 2.05) is 30.3 Å². The van der Waals surface area contributed by atoms with Crippen molar-refractivity contribution in [2.75, 3.05) is 38.2 Å². The summed E-state index contributed by atoms with van der Waals surface area (Å²) in [5.41, 5.74) is 1.65. The van der Waals surface area contributed by atoms with E-state index in [4.69, 9.17) is 9.72 Å². The molecule has 2 aliphatic rings. The van der Waals surface area contributed by atoms with E-state index in [9.17, 15) is 15.5 Å². The van der Waals surface area contributed by atoms with Gasteiger partial charge in [-0.3, -0.25) is 0 Å². The fourth-order valence-electron chi connectivity index (χ4n) is 6.17. The number of nitriles is 1. The molecule has 1 aromatic heterocycles. The van der Waals surface area contributed by atoms with Gasteiger partial charge >= 0.3 is 6.01 Å². The zero-order valence-electron chi connectivity index (χ0n) is 23.2. The Labute approximate surface area is 238 Å². The molecule has 0 bridgehead atoms. The van der Waals surface area contributed by atoms with Gasteiger partial charge in [0.1, 0.15) is 23.7 Å². The number of likely N-dealkylation sites (tertiary alicyclic amines) is 1. The average Bonchev–Trinajstić information content (AvgIpc) is 3.39. The molecule has 2 saturated heterocycles. The smallest absolute Gasteiger partial charge is 0.319 e. The first-order valence-electron chi connectivity index (χ1n) is 14.3. The number of aliphatic hydroxyl groups is 1. The van der Waals surface area contributed by atoms with Crippen LogP contribution in [0.5, 0.6) is 11.8 Å². The summed E-state index contributed by atoms with van der Waals surface area (Å²) >= 11 is 0. The van der Waals surface area contributed by atoms with Gasteiger partial charge in [0.2, 0.25) is 0 Å². The number of hydrogen-bond donors (Lipinski definition) is 2. The number of benzene rings is 3. The number of fused-ring (bicyclic) bond motifs is 2. The van der Waals surface area contributed by atoms with E-state index >= 15 is 4.39 Å². The molecule has 2 fully saturated rings. The molecule has 3 aromatic carbocycles. The first kappa shape index (κ1) is 27.2. The van der Waals surface area contributed by atoms with Crippen molar-refractivity contribution in [2.45, 2.75) is 50.7 Å². The Morgan fingerprint density at radius 3 is 2.63 bits per heavy atom. The molecule has 8 nitrogen and oxygen atoms in total. The van der Waals surface area contributed by atoms with E-state index in [1.165, 1.54) is 0 Å². The monoisotopic (exact) mass is 555 g/mol. The maximum absolute atomic E-state index is 16.9. The van der Waals surface area contributed by atoms with Crippen LogP contribution in [0.15, 0.2) is 42.5 Å². The molecule has 3 heterocycles. The van der Waals surface area contributed by atoms with Crippen molar-refractivity contribution in [1.82, 2.24) is 14.9 Å². The van der Waals surface area contributed by atoms with E-state index in [0.717, 1.165) is 30.2 Å². The Morgan fingerprint density at radius 2 is 1.88 bits per heavy atom. The largest absolute Gasteiger partial charge is 0.508 e. The van der Waals surface area contributed by atoms with Gasteiger partial charge in [-0.25, -0.2) is 4.39 Å². The van der Waals surface area contributed by atoms with Crippen LogP contribution in [0.4, 0.5) is 10.2 Å². The SMILES string of the molecule is CN1CCC[C@H]1COc1nc(N2CCC(O)CC2)c2cc(CCC#N)c(-c3cc(O)cc4ccccc34)c(F)c2n1. The van der Waals surface area contributed by atoms with Gasteiger partial charge in [-0.05, 0) is 85.8 Å². The Balaban J connectivity index is 1.55. The van der Waals surface area contributed by atoms with Crippen molar-refractivity contribution in [1.29, 1.82) is 5.26 Å². The summed E-state index contributed by atoms with van der Waals surface area (Å²) in [4.78, 5) is 13.7. The standard InChI is InChI=1S/C32H34FN5O3/c1-37-13-5-8-22(37)19-41-32-35-30-27(31(36-32)38-14-10-23(39)11-15-38)17-21(7-4-12-34)28(29(30)33)26-18-24(40)16-20-6-2-3-9-25(20)26/h2-3,6,9,16-18,22-23,39-40H,4-5,7-8,10-11,13-15,19H2,1H3/t22-/m0/s1. The molecule has 1 atom stereocenters. The Hall–Kier alpha value is -4.00. The molecule has 0 aliphatic carbocycles. The highest BCUT2D eigenvalue weighted by molar-refractivity contribution is 6.02. The second-order valence-electron chi connectivity index (χ2n) is 11.1. The minimum absolute atomic E-state index is 0.0318. The van der Waals surface area contributed by atoms with Crippen LogP contribution in [0.3, 0.4) is 0 Å². The van der Waals surface area contributed by atoms with Crippen molar-refractivity contribution in [3.05, 3.63) is 53.8 Å². The number of nitrogens with zero attached hydrogens (tertiary/aromatic N) is 5. The number of aromatic nitrogens is 2. The van der Waals surface area contributed by atoms with Crippen molar-refractivity contribution in [3.8, 4) is 29.0 Å². The van der Waals surface area contributed by atoms with Gasteiger partial charge in [-0.1, -0.05) is 24.3 Å². The number of aliphatic hydroxyl groups excluding tert-OH is 1. The Morgan fingerprint density at radius 1 is 1.07 bits per heavy atom. The number of phenols is 1. The molecule has 0 radical (unpaired) electrons. The highest BCUT2D eigenvalue weighted by Gasteiger charge is 2.27. The number of anilines is 1. The molecule has 0 unspecified atom stereocenters. The normalized spacial score (nSPS) is 18.3. The van der Waals surface area contributed by atoms with Crippen LogP contribution in [-0.4, -0.2) is 70.5 Å². The number of piperidine rings is 1. The van der Waals surface area contributed by atoms with E-state index < -0.39 is 5.82 Å². The minimum atomic E-state index is -0.533. The number of aryl methyl sites for hydroxylation is 1. The van der Waals surface area contributed by atoms with Crippen LogP contribution >= 0.6 is 0 Å². The molecule has 41 heavy (non-hydrogen) atoms. The molecule has 2 N–H and O–H groups in total.